The molecular weight excluding hydrogens is 244 g/mol. The van der Waals surface area contributed by atoms with Gasteiger partial charge in [0.2, 0.25) is 0 Å². The lowest BCUT2D eigenvalue weighted by molar-refractivity contribution is 0.0600. The number of fused-ring (bicyclic) bond motifs is 1. The van der Waals surface area contributed by atoms with Crippen LogP contribution < -0.4 is 0 Å². The summed E-state index contributed by atoms with van der Waals surface area (Å²) < 4.78 is 12.0. The summed E-state index contributed by atoms with van der Waals surface area (Å²) >= 11 is 0. The van der Waals surface area contributed by atoms with Gasteiger partial charge in [-0.25, -0.2) is 9.78 Å². The average molecular weight is 260 g/mol. The van der Waals surface area contributed by atoms with Gasteiger partial charge in [-0.2, -0.15) is 0 Å². The summed E-state index contributed by atoms with van der Waals surface area (Å²) in [6, 6.07) is 3.57. The highest BCUT2D eigenvalue weighted by Crippen LogP contribution is 2.18. The number of rotatable bonds is 3. The van der Waals surface area contributed by atoms with Crippen LogP contribution in [0.4, 0.5) is 0 Å². The monoisotopic (exact) mass is 260 g/mol. The second-order valence-corrected chi connectivity index (χ2v) is 4.84. The summed E-state index contributed by atoms with van der Waals surface area (Å²) in [5, 5.41) is 0. The molecule has 2 aromatic rings. The van der Waals surface area contributed by atoms with E-state index in [1.165, 1.54) is 7.11 Å². The van der Waals surface area contributed by atoms with Crippen LogP contribution in [0, 0.1) is 5.92 Å². The lowest BCUT2D eigenvalue weighted by Gasteiger charge is -2.02. The molecule has 1 unspecified atom stereocenters. The van der Waals surface area contributed by atoms with Gasteiger partial charge in [-0.05, 0) is 30.9 Å². The molecule has 1 aliphatic rings. The molecule has 0 N–H and O–H groups in total. The molecule has 2 aromatic heterocycles. The van der Waals surface area contributed by atoms with Crippen molar-refractivity contribution < 1.29 is 14.3 Å². The van der Waals surface area contributed by atoms with Gasteiger partial charge in [-0.1, -0.05) is 0 Å². The molecule has 0 amide bonds. The van der Waals surface area contributed by atoms with Gasteiger partial charge in [0.15, 0.2) is 0 Å². The van der Waals surface area contributed by atoms with Crippen molar-refractivity contribution in [1.82, 2.24) is 9.38 Å². The zero-order valence-corrected chi connectivity index (χ0v) is 10.8. The number of carbonyl (C=O) groups is 1. The summed E-state index contributed by atoms with van der Waals surface area (Å²) in [6.45, 7) is 1.67. The number of carbonyl (C=O) groups excluding carboxylic acids is 1. The molecule has 19 heavy (non-hydrogen) atoms. The van der Waals surface area contributed by atoms with Crippen molar-refractivity contribution in [2.75, 3.05) is 20.3 Å². The van der Waals surface area contributed by atoms with E-state index in [1.807, 2.05) is 16.7 Å². The van der Waals surface area contributed by atoms with Crippen molar-refractivity contribution in [3.8, 4) is 0 Å². The third kappa shape index (κ3) is 2.46. The second kappa shape index (κ2) is 5.01. The van der Waals surface area contributed by atoms with Crippen LogP contribution in [0.15, 0.2) is 24.5 Å². The summed E-state index contributed by atoms with van der Waals surface area (Å²) in [5.74, 6) is 0.228. The Kier molecular flexibility index (Phi) is 3.21. The number of pyridine rings is 1. The Bertz CT molecular complexity index is 600. The Morgan fingerprint density at radius 2 is 2.42 bits per heavy atom. The molecule has 5 nitrogen and oxygen atoms in total. The first-order valence-corrected chi connectivity index (χ1v) is 6.40. The highest BCUT2D eigenvalue weighted by molar-refractivity contribution is 5.89. The molecule has 0 aliphatic carbocycles. The van der Waals surface area contributed by atoms with Crippen LogP contribution in [-0.2, 0) is 15.9 Å². The van der Waals surface area contributed by atoms with E-state index in [9.17, 15) is 4.79 Å². The maximum atomic E-state index is 11.5. The number of imidazole rings is 1. The fourth-order valence-corrected chi connectivity index (χ4v) is 2.42. The molecule has 0 aromatic carbocycles. The predicted octanol–water partition coefficient (Wildman–Crippen LogP) is 1.70. The van der Waals surface area contributed by atoms with E-state index >= 15 is 0 Å². The van der Waals surface area contributed by atoms with E-state index in [0.29, 0.717) is 11.5 Å². The quantitative estimate of drug-likeness (QED) is 0.788. The molecule has 5 heteroatoms. The van der Waals surface area contributed by atoms with Gasteiger partial charge in [0.25, 0.3) is 0 Å². The van der Waals surface area contributed by atoms with Crippen LogP contribution in [0.25, 0.3) is 5.65 Å². The van der Waals surface area contributed by atoms with Crippen LogP contribution in [0.2, 0.25) is 0 Å². The number of ether oxygens (including phenoxy) is 2. The lowest BCUT2D eigenvalue weighted by Crippen LogP contribution is -2.03. The zero-order chi connectivity index (χ0) is 13.2. The molecule has 1 aliphatic heterocycles. The number of methoxy groups -OCH3 is 1. The summed E-state index contributed by atoms with van der Waals surface area (Å²) in [4.78, 5) is 16.0. The first kappa shape index (κ1) is 12.2. The Labute approximate surface area is 111 Å². The summed E-state index contributed by atoms with van der Waals surface area (Å²) in [5.41, 5.74) is 2.42. The maximum absolute atomic E-state index is 11.5. The minimum atomic E-state index is -0.332. The number of aromatic nitrogens is 2. The number of hydrogen-bond acceptors (Lipinski definition) is 4. The lowest BCUT2D eigenvalue weighted by atomic mass is 10.0. The second-order valence-electron chi connectivity index (χ2n) is 4.84. The molecule has 1 fully saturated rings. The Hall–Kier alpha value is -1.88. The van der Waals surface area contributed by atoms with E-state index < -0.39 is 0 Å². The minimum Gasteiger partial charge on any atom is -0.465 e. The fraction of sp³-hybridized carbons (Fsp3) is 0.429. The third-order valence-electron chi connectivity index (χ3n) is 3.44. The number of esters is 1. The molecule has 1 atom stereocenters. The largest absolute Gasteiger partial charge is 0.465 e. The van der Waals surface area contributed by atoms with Crippen LogP contribution in [0.3, 0.4) is 0 Å². The van der Waals surface area contributed by atoms with Crippen LogP contribution in [0.1, 0.15) is 22.5 Å². The van der Waals surface area contributed by atoms with Crippen molar-refractivity contribution in [2.24, 2.45) is 5.92 Å². The van der Waals surface area contributed by atoms with Gasteiger partial charge in [-0.15, -0.1) is 0 Å². The van der Waals surface area contributed by atoms with Gasteiger partial charge < -0.3 is 13.9 Å². The van der Waals surface area contributed by atoms with Crippen molar-refractivity contribution in [2.45, 2.75) is 12.8 Å². The van der Waals surface area contributed by atoms with Crippen LogP contribution in [0.5, 0.6) is 0 Å². The van der Waals surface area contributed by atoms with E-state index in [4.69, 9.17) is 9.47 Å². The van der Waals surface area contributed by atoms with Crippen LogP contribution >= 0.6 is 0 Å². The summed E-state index contributed by atoms with van der Waals surface area (Å²) in [6.07, 6.45) is 5.75. The first-order valence-electron chi connectivity index (χ1n) is 6.40. The average Bonchev–Trinajstić information content (AvgIpc) is 3.05. The zero-order valence-electron chi connectivity index (χ0n) is 10.8. The van der Waals surface area contributed by atoms with Gasteiger partial charge in [0.1, 0.15) is 5.65 Å². The highest BCUT2D eigenvalue weighted by atomic mass is 16.5. The molecule has 0 saturated carbocycles. The van der Waals surface area contributed by atoms with Gasteiger partial charge in [-0.3, -0.25) is 0 Å². The van der Waals surface area contributed by atoms with Crippen molar-refractivity contribution in [3.05, 3.63) is 35.8 Å². The van der Waals surface area contributed by atoms with Gasteiger partial charge >= 0.3 is 5.97 Å². The molecular formula is C14H16N2O3. The predicted molar refractivity (Wildman–Crippen MR) is 69.2 cm³/mol. The Morgan fingerprint density at radius 3 is 3.16 bits per heavy atom. The maximum Gasteiger partial charge on any atom is 0.339 e. The fourth-order valence-electron chi connectivity index (χ4n) is 2.42. The smallest absolute Gasteiger partial charge is 0.339 e. The van der Waals surface area contributed by atoms with Crippen LogP contribution in [-0.4, -0.2) is 35.7 Å². The van der Waals surface area contributed by atoms with Crippen molar-refractivity contribution >= 4 is 11.6 Å². The standard InChI is InChI=1S/C14H16N2O3/c1-18-14(17)11-2-3-13-15-12(8-16(13)7-11)6-10-4-5-19-9-10/h2-3,7-8,10H,4-6,9H2,1H3. The van der Waals surface area contributed by atoms with Crippen molar-refractivity contribution in [3.63, 3.8) is 0 Å². The van der Waals surface area contributed by atoms with E-state index in [2.05, 4.69) is 4.98 Å². The molecule has 3 heterocycles. The molecule has 3 rings (SSSR count). The number of nitrogens with zero attached hydrogens (tertiary/aromatic N) is 2. The molecule has 0 radical (unpaired) electrons. The molecule has 1 saturated heterocycles. The van der Waals surface area contributed by atoms with Crippen molar-refractivity contribution in [1.29, 1.82) is 0 Å². The minimum absolute atomic E-state index is 0.332. The molecule has 0 spiro atoms. The van der Waals surface area contributed by atoms with Gasteiger partial charge in [0, 0.05) is 25.6 Å². The highest BCUT2D eigenvalue weighted by Gasteiger charge is 2.17. The molecule has 0 bridgehead atoms. The number of hydrogen-bond donors (Lipinski definition) is 0. The molecule has 100 valence electrons. The third-order valence-corrected chi connectivity index (χ3v) is 3.44. The Balaban J connectivity index is 1.85. The Morgan fingerprint density at radius 1 is 1.53 bits per heavy atom. The van der Waals surface area contributed by atoms with E-state index in [1.54, 1.807) is 12.3 Å². The van der Waals surface area contributed by atoms with Gasteiger partial charge in [0.05, 0.1) is 18.4 Å². The summed E-state index contributed by atoms with van der Waals surface area (Å²) in [7, 11) is 1.38. The first-order chi connectivity index (χ1) is 9.26. The normalized spacial score (nSPS) is 18.9. The SMILES string of the molecule is COC(=O)c1ccc2nc(CC3CCOC3)cn2c1. The topological polar surface area (TPSA) is 52.8 Å². The van der Waals surface area contributed by atoms with E-state index in [0.717, 1.165) is 37.4 Å². The van der Waals surface area contributed by atoms with E-state index in [-0.39, 0.29) is 5.97 Å².